The topological polar surface area (TPSA) is 36.4 Å². The largest absolute Gasteiger partial charge is 0.396 e. The van der Waals surface area contributed by atoms with Gasteiger partial charge in [0, 0.05) is 24.1 Å². The third-order valence-electron chi connectivity index (χ3n) is 3.23. The quantitative estimate of drug-likeness (QED) is 0.876. The van der Waals surface area contributed by atoms with E-state index in [1.165, 1.54) is 35.7 Å². The molecule has 1 saturated heterocycles. The Morgan fingerprint density at radius 1 is 1.56 bits per heavy atom. The highest BCUT2D eigenvalue weighted by molar-refractivity contribution is 7.11. The lowest BCUT2D eigenvalue weighted by Crippen LogP contribution is -2.32. The Kier molecular flexibility index (Phi) is 4.32. The summed E-state index contributed by atoms with van der Waals surface area (Å²) in [6, 6.07) is 0.524. The number of aromatic nitrogens is 1. The molecule has 0 amide bonds. The molecule has 3 nitrogen and oxygen atoms in total. The van der Waals surface area contributed by atoms with Gasteiger partial charge in [-0.15, -0.1) is 11.3 Å². The van der Waals surface area contributed by atoms with Crippen LogP contribution in [0.25, 0.3) is 0 Å². The lowest BCUT2D eigenvalue weighted by Gasteiger charge is -2.33. The Hall–Kier alpha value is -0.450. The van der Waals surface area contributed by atoms with Crippen LogP contribution in [0.2, 0.25) is 0 Å². The molecule has 16 heavy (non-hydrogen) atoms. The van der Waals surface area contributed by atoms with E-state index in [9.17, 15) is 0 Å². The number of piperidine rings is 1. The van der Waals surface area contributed by atoms with Crippen molar-refractivity contribution in [2.75, 3.05) is 19.7 Å². The highest BCUT2D eigenvalue weighted by atomic mass is 32.1. The van der Waals surface area contributed by atoms with E-state index in [0.29, 0.717) is 6.04 Å². The predicted octanol–water partition coefficient (Wildman–Crippen LogP) is 2.22. The molecule has 1 N–H and O–H groups in total. The first-order valence-electron chi connectivity index (χ1n) is 6.14. The van der Waals surface area contributed by atoms with Crippen molar-refractivity contribution in [3.63, 3.8) is 0 Å². The smallest absolute Gasteiger partial charge is 0.110 e. The van der Waals surface area contributed by atoms with Crippen LogP contribution in [0.3, 0.4) is 0 Å². The summed E-state index contributed by atoms with van der Waals surface area (Å²) in [5.74, 6) is 0. The van der Waals surface area contributed by atoms with Crippen molar-refractivity contribution in [3.8, 4) is 0 Å². The van der Waals surface area contributed by atoms with Crippen molar-refractivity contribution in [1.82, 2.24) is 9.88 Å². The maximum Gasteiger partial charge on any atom is 0.110 e. The zero-order valence-corrected chi connectivity index (χ0v) is 10.7. The third-order valence-corrected chi connectivity index (χ3v) is 4.39. The van der Waals surface area contributed by atoms with E-state index in [2.05, 4.69) is 16.8 Å². The molecular formula is C12H20N2OS. The summed E-state index contributed by atoms with van der Waals surface area (Å²) in [5.41, 5.74) is 0. The molecule has 2 rings (SSSR count). The SMILES string of the molecule is CCN1CCCCC1c1ncc(CCO)s1. The van der Waals surface area contributed by atoms with Crippen LogP contribution in [0.5, 0.6) is 0 Å². The van der Waals surface area contributed by atoms with E-state index in [4.69, 9.17) is 5.11 Å². The van der Waals surface area contributed by atoms with Crippen LogP contribution in [-0.4, -0.2) is 34.7 Å². The predicted molar refractivity (Wildman–Crippen MR) is 66.7 cm³/mol. The van der Waals surface area contributed by atoms with Gasteiger partial charge in [0.25, 0.3) is 0 Å². The van der Waals surface area contributed by atoms with Crippen LogP contribution in [0, 0.1) is 0 Å². The third kappa shape index (κ3) is 2.62. The lowest BCUT2D eigenvalue weighted by atomic mass is 10.0. The molecule has 0 saturated carbocycles. The molecule has 0 bridgehead atoms. The second kappa shape index (κ2) is 5.75. The number of nitrogens with zero attached hydrogens (tertiary/aromatic N) is 2. The summed E-state index contributed by atoms with van der Waals surface area (Å²) in [4.78, 5) is 8.25. The van der Waals surface area contributed by atoms with Gasteiger partial charge in [0.1, 0.15) is 5.01 Å². The molecule has 2 heterocycles. The number of thiazole rings is 1. The number of hydrogen-bond donors (Lipinski definition) is 1. The van der Waals surface area contributed by atoms with Gasteiger partial charge in [0.2, 0.25) is 0 Å². The molecule has 1 fully saturated rings. The number of rotatable bonds is 4. The van der Waals surface area contributed by atoms with Crippen LogP contribution in [0.15, 0.2) is 6.20 Å². The Labute approximate surface area is 101 Å². The summed E-state index contributed by atoms with van der Waals surface area (Å²) >= 11 is 1.77. The Morgan fingerprint density at radius 3 is 3.19 bits per heavy atom. The van der Waals surface area contributed by atoms with Crippen molar-refractivity contribution in [3.05, 3.63) is 16.1 Å². The maximum atomic E-state index is 8.91. The monoisotopic (exact) mass is 240 g/mol. The van der Waals surface area contributed by atoms with Crippen molar-refractivity contribution >= 4 is 11.3 Å². The van der Waals surface area contributed by atoms with Gasteiger partial charge in [-0.2, -0.15) is 0 Å². The number of aliphatic hydroxyl groups excluding tert-OH is 1. The summed E-state index contributed by atoms with van der Waals surface area (Å²) in [6.45, 7) is 4.76. The Balaban J connectivity index is 2.08. The summed E-state index contributed by atoms with van der Waals surface area (Å²) in [5, 5.41) is 10.1. The maximum absolute atomic E-state index is 8.91. The number of hydrogen-bond acceptors (Lipinski definition) is 4. The zero-order valence-electron chi connectivity index (χ0n) is 9.85. The number of aliphatic hydroxyl groups is 1. The minimum Gasteiger partial charge on any atom is -0.396 e. The van der Waals surface area contributed by atoms with Crippen molar-refractivity contribution < 1.29 is 5.11 Å². The van der Waals surface area contributed by atoms with E-state index in [1.54, 1.807) is 11.3 Å². The van der Waals surface area contributed by atoms with Gasteiger partial charge in [-0.05, 0) is 25.9 Å². The molecule has 90 valence electrons. The van der Waals surface area contributed by atoms with Gasteiger partial charge in [0.15, 0.2) is 0 Å². The molecule has 0 spiro atoms. The molecule has 1 aliphatic rings. The normalized spacial score (nSPS) is 22.5. The van der Waals surface area contributed by atoms with Crippen molar-refractivity contribution in [1.29, 1.82) is 0 Å². The molecule has 1 aliphatic heterocycles. The molecule has 0 aromatic carbocycles. The molecule has 0 radical (unpaired) electrons. The minimum absolute atomic E-state index is 0.226. The first-order valence-corrected chi connectivity index (χ1v) is 6.96. The summed E-state index contributed by atoms with van der Waals surface area (Å²) < 4.78 is 0. The number of likely N-dealkylation sites (tertiary alicyclic amines) is 1. The minimum atomic E-state index is 0.226. The zero-order chi connectivity index (χ0) is 11.4. The average molecular weight is 240 g/mol. The summed E-state index contributed by atoms with van der Waals surface area (Å²) in [6.07, 6.45) is 6.55. The molecule has 1 aromatic heterocycles. The van der Waals surface area contributed by atoms with Gasteiger partial charge in [-0.3, -0.25) is 4.90 Å². The van der Waals surface area contributed by atoms with Crippen LogP contribution in [0.1, 0.15) is 42.1 Å². The molecule has 4 heteroatoms. The Morgan fingerprint density at radius 2 is 2.44 bits per heavy atom. The van der Waals surface area contributed by atoms with Gasteiger partial charge in [-0.1, -0.05) is 13.3 Å². The molecular weight excluding hydrogens is 220 g/mol. The fourth-order valence-electron chi connectivity index (χ4n) is 2.35. The van der Waals surface area contributed by atoms with Crippen LogP contribution < -0.4 is 0 Å². The van der Waals surface area contributed by atoms with Gasteiger partial charge >= 0.3 is 0 Å². The Bertz CT molecular complexity index is 327. The lowest BCUT2D eigenvalue weighted by molar-refractivity contribution is 0.157. The average Bonchev–Trinajstić information content (AvgIpc) is 2.78. The molecule has 1 unspecified atom stereocenters. The van der Waals surface area contributed by atoms with E-state index in [-0.39, 0.29) is 6.61 Å². The molecule has 0 aliphatic carbocycles. The second-order valence-electron chi connectivity index (χ2n) is 4.28. The fourth-order valence-corrected chi connectivity index (χ4v) is 3.43. The van der Waals surface area contributed by atoms with E-state index in [0.717, 1.165) is 13.0 Å². The highest BCUT2D eigenvalue weighted by Gasteiger charge is 2.24. The van der Waals surface area contributed by atoms with Crippen LogP contribution in [-0.2, 0) is 6.42 Å². The van der Waals surface area contributed by atoms with Gasteiger partial charge < -0.3 is 5.11 Å². The van der Waals surface area contributed by atoms with Gasteiger partial charge in [-0.25, -0.2) is 4.98 Å². The van der Waals surface area contributed by atoms with E-state index >= 15 is 0 Å². The first-order chi connectivity index (χ1) is 7.85. The molecule has 1 aromatic rings. The first kappa shape index (κ1) is 12.0. The fraction of sp³-hybridized carbons (Fsp3) is 0.750. The van der Waals surface area contributed by atoms with Gasteiger partial charge in [0.05, 0.1) is 6.04 Å². The standard InChI is InChI=1S/C12H20N2OS/c1-2-14-7-4-3-5-11(14)12-13-9-10(16-12)6-8-15/h9,11,15H,2-8H2,1H3. The highest BCUT2D eigenvalue weighted by Crippen LogP contribution is 2.32. The summed E-state index contributed by atoms with van der Waals surface area (Å²) in [7, 11) is 0. The van der Waals surface area contributed by atoms with Crippen LogP contribution >= 0.6 is 11.3 Å². The van der Waals surface area contributed by atoms with Crippen molar-refractivity contribution in [2.45, 2.75) is 38.6 Å². The molecule has 1 atom stereocenters. The van der Waals surface area contributed by atoms with E-state index < -0.39 is 0 Å². The van der Waals surface area contributed by atoms with Crippen LogP contribution in [0.4, 0.5) is 0 Å². The second-order valence-corrected chi connectivity index (χ2v) is 5.43. The van der Waals surface area contributed by atoms with E-state index in [1.807, 2.05) is 6.20 Å². The van der Waals surface area contributed by atoms with Crippen molar-refractivity contribution in [2.24, 2.45) is 0 Å².